The quantitative estimate of drug-likeness (QED) is 0.652. The van der Waals surface area contributed by atoms with Gasteiger partial charge in [0.2, 0.25) is 0 Å². The number of nitrogens with zero attached hydrogens (tertiary/aromatic N) is 1. The molecule has 1 aromatic heterocycles. The maximum Gasteiger partial charge on any atom is 0.150 e. The van der Waals surface area contributed by atoms with Crippen molar-refractivity contribution in [3.8, 4) is 0 Å². The summed E-state index contributed by atoms with van der Waals surface area (Å²) < 4.78 is 0. The molecule has 0 fully saturated rings. The van der Waals surface area contributed by atoms with Crippen molar-refractivity contribution in [2.45, 2.75) is 0 Å². The van der Waals surface area contributed by atoms with Gasteiger partial charge in [-0.05, 0) is 24.3 Å². The van der Waals surface area contributed by atoms with Gasteiger partial charge in [-0.1, -0.05) is 29.8 Å². The molecule has 0 atom stereocenters. The fourth-order valence-electron chi connectivity index (χ4n) is 1.32. The van der Waals surface area contributed by atoms with Crippen LogP contribution in [-0.4, -0.2) is 11.3 Å². The molecule has 1 heterocycles. The second-order valence-electron chi connectivity index (χ2n) is 3.22. The second-order valence-corrected chi connectivity index (χ2v) is 3.60. The van der Waals surface area contributed by atoms with Crippen molar-refractivity contribution >= 4 is 29.4 Å². The van der Waals surface area contributed by atoms with E-state index in [0.29, 0.717) is 16.5 Å². The van der Waals surface area contributed by atoms with Crippen LogP contribution < -0.4 is 5.32 Å². The van der Waals surface area contributed by atoms with Crippen molar-refractivity contribution in [3.63, 3.8) is 0 Å². The molecular weight excluding hydrogens is 224 g/mol. The molecule has 3 nitrogen and oxygen atoms in total. The molecule has 0 saturated heterocycles. The summed E-state index contributed by atoms with van der Waals surface area (Å²) in [4.78, 5) is 14.7. The van der Waals surface area contributed by atoms with Crippen LogP contribution in [0.4, 0.5) is 11.5 Å². The third kappa shape index (κ3) is 2.58. The number of anilines is 2. The van der Waals surface area contributed by atoms with E-state index < -0.39 is 0 Å². The third-order valence-corrected chi connectivity index (χ3v) is 2.19. The summed E-state index contributed by atoms with van der Waals surface area (Å²) in [6, 6.07) is 12.7. The highest BCUT2D eigenvalue weighted by molar-refractivity contribution is 6.29. The molecule has 0 unspecified atom stereocenters. The Labute approximate surface area is 98.1 Å². The number of halogens is 1. The summed E-state index contributed by atoms with van der Waals surface area (Å²) in [6.45, 7) is 0. The lowest BCUT2D eigenvalue weighted by Gasteiger charge is -2.05. The molecule has 0 bridgehead atoms. The van der Waals surface area contributed by atoms with Gasteiger partial charge in [-0.2, -0.15) is 0 Å². The van der Waals surface area contributed by atoms with E-state index >= 15 is 0 Å². The number of carbonyl (C=O) groups is 1. The highest BCUT2D eigenvalue weighted by Gasteiger charge is 2.00. The van der Waals surface area contributed by atoms with E-state index in [1.54, 1.807) is 6.07 Å². The molecule has 0 aliphatic rings. The molecule has 0 aliphatic heterocycles. The Bertz CT molecular complexity index is 500. The van der Waals surface area contributed by atoms with Crippen LogP contribution in [-0.2, 0) is 0 Å². The van der Waals surface area contributed by atoms with Crippen molar-refractivity contribution in [2.75, 3.05) is 5.32 Å². The maximum absolute atomic E-state index is 10.6. The Hall–Kier alpha value is -1.87. The standard InChI is InChI=1S/C12H9ClN2O/c13-11-6-9(8-16)7-12(15-11)14-10-4-2-1-3-5-10/h1-8H,(H,14,15). The minimum Gasteiger partial charge on any atom is -0.340 e. The minimum absolute atomic E-state index is 0.294. The highest BCUT2D eigenvalue weighted by Crippen LogP contribution is 2.17. The van der Waals surface area contributed by atoms with Crippen LogP contribution in [0.2, 0.25) is 5.15 Å². The van der Waals surface area contributed by atoms with Crippen LogP contribution in [0.25, 0.3) is 0 Å². The maximum atomic E-state index is 10.6. The summed E-state index contributed by atoms with van der Waals surface area (Å²) in [5, 5.41) is 3.36. The van der Waals surface area contributed by atoms with E-state index in [0.717, 1.165) is 12.0 Å². The largest absolute Gasteiger partial charge is 0.340 e. The van der Waals surface area contributed by atoms with Gasteiger partial charge in [-0.3, -0.25) is 4.79 Å². The summed E-state index contributed by atoms with van der Waals surface area (Å²) in [5.41, 5.74) is 1.40. The first kappa shape index (κ1) is 10.6. The lowest BCUT2D eigenvalue weighted by Crippen LogP contribution is -1.95. The topological polar surface area (TPSA) is 42.0 Å². The van der Waals surface area contributed by atoms with E-state index in [9.17, 15) is 4.79 Å². The number of aromatic nitrogens is 1. The zero-order valence-electron chi connectivity index (χ0n) is 8.35. The molecule has 0 amide bonds. The van der Waals surface area contributed by atoms with Crippen molar-refractivity contribution < 1.29 is 4.79 Å². The van der Waals surface area contributed by atoms with Crippen LogP contribution in [0.1, 0.15) is 10.4 Å². The lowest BCUT2D eigenvalue weighted by molar-refractivity contribution is 0.112. The van der Waals surface area contributed by atoms with Gasteiger partial charge in [0.25, 0.3) is 0 Å². The van der Waals surface area contributed by atoms with Gasteiger partial charge in [-0.15, -0.1) is 0 Å². The number of pyridine rings is 1. The predicted molar refractivity (Wildman–Crippen MR) is 64.4 cm³/mol. The smallest absolute Gasteiger partial charge is 0.150 e. The summed E-state index contributed by atoms with van der Waals surface area (Å²) >= 11 is 5.78. The Morgan fingerprint density at radius 3 is 2.62 bits per heavy atom. The Morgan fingerprint density at radius 2 is 1.94 bits per heavy atom. The number of hydrogen-bond acceptors (Lipinski definition) is 3. The van der Waals surface area contributed by atoms with Gasteiger partial charge >= 0.3 is 0 Å². The monoisotopic (exact) mass is 232 g/mol. The minimum atomic E-state index is 0.294. The van der Waals surface area contributed by atoms with Gasteiger partial charge in [0.15, 0.2) is 0 Å². The average Bonchev–Trinajstić information content (AvgIpc) is 2.29. The van der Waals surface area contributed by atoms with Gasteiger partial charge in [0.05, 0.1) is 0 Å². The highest BCUT2D eigenvalue weighted by atomic mass is 35.5. The van der Waals surface area contributed by atoms with Crippen LogP contribution in [0.5, 0.6) is 0 Å². The van der Waals surface area contributed by atoms with Gasteiger partial charge in [-0.25, -0.2) is 4.98 Å². The molecule has 0 spiro atoms. The molecule has 4 heteroatoms. The van der Waals surface area contributed by atoms with Gasteiger partial charge < -0.3 is 5.32 Å². The molecule has 2 rings (SSSR count). The van der Waals surface area contributed by atoms with Gasteiger partial charge in [0.1, 0.15) is 17.3 Å². The molecule has 1 aromatic carbocycles. The zero-order valence-corrected chi connectivity index (χ0v) is 9.11. The van der Waals surface area contributed by atoms with Crippen molar-refractivity contribution in [2.24, 2.45) is 0 Å². The van der Waals surface area contributed by atoms with Gasteiger partial charge in [0, 0.05) is 11.3 Å². The van der Waals surface area contributed by atoms with E-state index in [-0.39, 0.29) is 0 Å². The number of para-hydroxylation sites is 1. The molecule has 0 aliphatic carbocycles. The van der Waals surface area contributed by atoms with Crippen LogP contribution >= 0.6 is 11.6 Å². The average molecular weight is 233 g/mol. The fraction of sp³-hybridized carbons (Fsp3) is 0. The van der Waals surface area contributed by atoms with Crippen molar-refractivity contribution in [1.29, 1.82) is 0 Å². The summed E-state index contributed by atoms with van der Waals surface area (Å²) in [5.74, 6) is 0.556. The predicted octanol–water partition coefficient (Wildman–Crippen LogP) is 3.29. The number of nitrogens with one attached hydrogen (secondary N) is 1. The summed E-state index contributed by atoms with van der Waals surface area (Å²) in [6.07, 6.45) is 0.740. The SMILES string of the molecule is O=Cc1cc(Cl)nc(Nc2ccccc2)c1. The van der Waals surface area contributed by atoms with Crippen LogP contribution in [0.15, 0.2) is 42.5 Å². The molecule has 0 radical (unpaired) electrons. The van der Waals surface area contributed by atoms with Crippen LogP contribution in [0, 0.1) is 0 Å². The number of carbonyl (C=O) groups excluding carboxylic acids is 1. The Balaban J connectivity index is 2.28. The first-order chi connectivity index (χ1) is 7.78. The summed E-state index contributed by atoms with van der Waals surface area (Å²) in [7, 11) is 0. The molecule has 0 saturated carbocycles. The molecule has 1 N–H and O–H groups in total. The zero-order chi connectivity index (χ0) is 11.4. The fourth-order valence-corrected chi connectivity index (χ4v) is 1.54. The Morgan fingerprint density at radius 1 is 1.19 bits per heavy atom. The molecule has 2 aromatic rings. The molecule has 80 valence electrons. The first-order valence-corrected chi connectivity index (χ1v) is 5.10. The lowest BCUT2D eigenvalue weighted by atomic mass is 10.2. The normalized spacial score (nSPS) is 9.81. The van der Waals surface area contributed by atoms with E-state index in [2.05, 4.69) is 10.3 Å². The van der Waals surface area contributed by atoms with E-state index in [1.165, 1.54) is 6.07 Å². The molecular formula is C12H9ClN2O. The van der Waals surface area contributed by atoms with Crippen molar-refractivity contribution in [1.82, 2.24) is 4.98 Å². The first-order valence-electron chi connectivity index (χ1n) is 4.73. The third-order valence-electron chi connectivity index (χ3n) is 2.00. The van der Waals surface area contributed by atoms with Crippen molar-refractivity contribution in [3.05, 3.63) is 53.2 Å². The number of aldehydes is 1. The van der Waals surface area contributed by atoms with E-state index in [4.69, 9.17) is 11.6 Å². The Kier molecular flexibility index (Phi) is 3.17. The number of hydrogen-bond donors (Lipinski definition) is 1. The second kappa shape index (κ2) is 4.77. The number of benzene rings is 1. The number of rotatable bonds is 3. The molecule has 16 heavy (non-hydrogen) atoms. The van der Waals surface area contributed by atoms with Crippen LogP contribution in [0.3, 0.4) is 0 Å². The van der Waals surface area contributed by atoms with E-state index in [1.807, 2.05) is 30.3 Å².